The summed E-state index contributed by atoms with van der Waals surface area (Å²) in [5, 5.41) is 2.27. The molecule has 0 saturated carbocycles. The third-order valence-electron chi connectivity index (χ3n) is 5.34. The van der Waals surface area contributed by atoms with Crippen molar-refractivity contribution in [3.63, 3.8) is 0 Å². The van der Waals surface area contributed by atoms with E-state index in [-0.39, 0.29) is 29.1 Å². The number of benzene rings is 2. The second-order valence-electron chi connectivity index (χ2n) is 7.69. The second kappa shape index (κ2) is 10.8. The van der Waals surface area contributed by atoms with E-state index in [9.17, 15) is 8.42 Å². The van der Waals surface area contributed by atoms with Crippen LogP contribution in [0.5, 0.6) is 5.75 Å². The first-order valence-electron chi connectivity index (χ1n) is 10.6. The molecule has 4 rings (SSSR count). The molecular weight excluding hydrogens is 466 g/mol. The molecule has 0 spiro atoms. The van der Waals surface area contributed by atoms with Gasteiger partial charge in [0.05, 0.1) is 17.7 Å². The number of nitrogens with zero attached hydrogens (tertiary/aromatic N) is 1. The van der Waals surface area contributed by atoms with E-state index in [0.717, 1.165) is 30.6 Å². The van der Waals surface area contributed by atoms with Gasteiger partial charge in [-0.05, 0) is 54.1 Å². The largest absolute Gasteiger partial charge is 0.493 e. The molecule has 2 heterocycles. The van der Waals surface area contributed by atoms with Crippen molar-refractivity contribution in [1.29, 1.82) is 0 Å². The van der Waals surface area contributed by atoms with E-state index in [4.69, 9.17) is 21.1 Å². The van der Waals surface area contributed by atoms with Gasteiger partial charge in [0.15, 0.2) is 0 Å². The number of sulfonamides is 1. The Morgan fingerprint density at radius 1 is 1.12 bits per heavy atom. The monoisotopic (exact) mass is 491 g/mol. The molecule has 0 bridgehead atoms. The summed E-state index contributed by atoms with van der Waals surface area (Å²) in [6.45, 7) is 1.74. The van der Waals surface area contributed by atoms with Crippen LogP contribution in [0.2, 0.25) is 5.02 Å². The topological polar surface area (TPSA) is 55.8 Å². The number of thiophene rings is 1. The van der Waals surface area contributed by atoms with Gasteiger partial charge in [-0.3, -0.25) is 0 Å². The van der Waals surface area contributed by atoms with Crippen LogP contribution in [0, 0.1) is 0 Å². The van der Waals surface area contributed by atoms with Crippen LogP contribution in [0.25, 0.3) is 0 Å². The Balaban J connectivity index is 1.51. The normalized spacial score (nSPS) is 16.5. The van der Waals surface area contributed by atoms with Crippen molar-refractivity contribution in [1.82, 2.24) is 4.31 Å². The molecule has 0 aliphatic carbocycles. The van der Waals surface area contributed by atoms with Gasteiger partial charge in [-0.15, -0.1) is 11.3 Å². The van der Waals surface area contributed by atoms with Crippen LogP contribution in [0.15, 0.2) is 70.9 Å². The smallest absolute Gasteiger partial charge is 0.244 e. The minimum Gasteiger partial charge on any atom is -0.493 e. The lowest BCUT2D eigenvalue weighted by Crippen LogP contribution is -2.37. The molecule has 0 radical (unpaired) electrons. The summed E-state index contributed by atoms with van der Waals surface area (Å²) >= 11 is 7.95. The van der Waals surface area contributed by atoms with Gasteiger partial charge in [0.2, 0.25) is 10.0 Å². The molecule has 8 heteroatoms. The van der Waals surface area contributed by atoms with Gasteiger partial charge in [-0.25, -0.2) is 8.42 Å². The number of rotatable bonds is 10. The van der Waals surface area contributed by atoms with Crippen LogP contribution in [-0.4, -0.2) is 38.6 Å². The number of hydrogen-bond acceptors (Lipinski definition) is 5. The van der Waals surface area contributed by atoms with Crippen molar-refractivity contribution in [2.24, 2.45) is 0 Å². The summed E-state index contributed by atoms with van der Waals surface area (Å²) in [5.41, 5.74) is 0.854. The van der Waals surface area contributed by atoms with Crippen LogP contribution in [0.4, 0.5) is 0 Å². The molecule has 0 N–H and O–H groups in total. The summed E-state index contributed by atoms with van der Waals surface area (Å²) in [5.74, 6) is 0.728. The minimum absolute atomic E-state index is 0.113. The van der Waals surface area contributed by atoms with Gasteiger partial charge in [0.1, 0.15) is 10.6 Å². The molecule has 1 saturated heterocycles. The highest BCUT2D eigenvalue weighted by molar-refractivity contribution is 7.89. The average Bonchev–Trinajstić information content (AvgIpc) is 3.48. The first kappa shape index (κ1) is 23.3. The molecule has 1 aromatic heterocycles. The van der Waals surface area contributed by atoms with Crippen LogP contribution < -0.4 is 4.74 Å². The van der Waals surface area contributed by atoms with Gasteiger partial charge < -0.3 is 9.47 Å². The Hall–Kier alpha value is -1.90. The van der Waals surface area contributed by atoms with Crippen LogP contribution in [0.3, 0.4) is 0 Å². The second-order valence-corrected chi connectivity index (χ2v) is 11.0. The molecule has 0 amide bonds. The average molecular weight is 492 g/mol. The number of hydrogen-bond donors (Lipinski definition) is 0. The maximum absolute atomic E-state index is 13.5. The third kappa shape index (κ3) is 5.91. The van der Waals surface area contributed by atoms with E-state index in [1.807, 2.05) is 30.3 Å². The highest BCUT2D eigenvalue weighted by Gasteiger charge is 2.30. The molecule has 170 valence electrons. The van der Waals surface area contributed by atoms with Crippen molar-refractivity contribution in [3.8, 4) is 5.75 Å². The summed E-state index contributed by atoms with van der Waals surface area (Å²) in [6.07, 6.45) is 2.52. The fourth-order valence-electron chi connectivity index (χ4n) is 3.72. The lowest BCUT2D eigenvalue weighted by Gasteiger charge is -2.25. The lowest BCUT2D eigenvalue weighted by atomic mass is 10.2. The molecule has 1 aliphatic heterocycles. The van der Waals surface area contributed by atoms with Gasteiger partial charge in [0.25, 0.3) is 0 Å². The van der Waals surface area contributed by atoms with Gasteiger partial charge in [0, 0.05) is 31.0 Å². The van der Waals surface area contributed by atoms with Crippen molar-refractivity contribution < 1.29 is 17.9 Å². The molecule has 1 atom stereocenters. The maximum atomic E-state index is 13.5. The van der Waals surface area contributed by atoms with Crippen LogP contribution in [-0.2, 0) is 27.7 Å². The Morgan fingerprint density at radius 2 is 2.00 bits per heavy atom. The zero-order valence-electron chi connectivity index (χ0n) is 17.7. The maximum Gasteiger partial charge on any atom is 0.244 e. The summed E-state index contributed by atoms with van der Waals surface area (Å²) < 4.78 is 40.1. The van der Waals surface area contributed by atoms with Crippen molar-refractivity contribution in [2.45, 2.75) is 36.8 Å². The van der Waals surface area contributed by atoms with E-state index in [0.29, 0.717) is 13.2 Å². The summed E-state index contributed by atoms with van der Waals surface area (Å²) in [6, 6.07) is 18.3. The Morgan fingerprint density at radius 3 is 2.75 bits per heavy atom. The van der Waals surface area contributed by atoms with Crippen LogP contribution >= 0.6 is 22.9 Å². The summed E-state index contributed by atoms with van der Waals surface area (Å²) in [7, 11) is -3.79. The van der Waals surface area contributed by atoms with E-state index in [2.05, 4.69) is 11.4 Å². The standard InChI is InChI=1S/C24H26ClNO4S2/c25-23-10-1-2-11-24(23)32(27,28)26(18-21-8-4-13-29-21)17-19-6-3-7-20(16-19)30-14-12-22-9-5-15-31-22/h1-3,5-7,9-11,15-16,21H,4,8,12-14,17-18H2/t21-/m0/s1. The van der Waals surface area contributed by atoms with Crippen LogP contribution in [0.1, 0.15) is 23.3 Å². The molecule has 5 nitrogen and oxygen atoms in total. The SMILES string of the molecule is O=S(=O)(c1ccccc1Cl)N(Cc1cccc(OCCc2cccs2)c1)C[C@@H]1CCCO1. The summed E-state index contributed by atoms with van der Waals surface area (Å²) in [4.78, 5) is 1.39. The van der Waals surface area contributed by atoms with Gasteiger partial charge in [-0.2, -0.15) is 4.31 Å². The number of ether oxygens (including phenoxy) is 2. The zero-order chi connectivity index (χ0) is 22.4. The van der Waals surface area contributed by atoms with Crippen molar-refractivity contribution in [3.05, 3.63) is 81.5 Å². The van der Waals surface area contributed by atoms with E-state index in [1.54, 1.807) is 35.6 Å². The number of halogens is 1. The van der Waals surface area contributed by atoms with Crippen molar-refractivity contribution >= 4 is 33.0 Å². The molecule has 3 aromatic rings. The molecule has 1 fully saturated rings. The Bertz CT molecular complexity index is 1110. The first-order chi connectivity index (χ1) is 15.5. The van der Waals surface area contributed by atoms with Crippen molar-refractivity contribution in [2.75, 3.05) is 19.8 Å². The quantitative estimate of drug-likeness (QED) is 0.381. The highest BCUT2D eigenvalue weighted by atomic mass is 35.5. The van der Waals surface area contributed by atoms with Gasteiger partial charge >= 0.3 is 0 Å². The molecule has 1 aliphatic rings. The molecule has 0 unspecified atom stereocenters. The fraction of sp³-hybridized carbons (Fsp3) is 0.333. The zero-order valence-corrected chi connectivity index (χ0v) is 20.0. The fourth-order valence-corrected chi connectivity index (χ4v) is 6.36. The Kier molecular flexibility index (Phi) is 7.86. The third-order valence-corrected chi connectivity index (χ3v) is 8.59. The lowest BCUT2D eigenvalue weighted by molar-refractivity contribution is 0.0926. The first-order valence-corrected chi connectivity index (χ1v) is 13.3. The minimum atomic E-state index is -3.79. The molecular formula is C24H26ClNO4S2. The molecule has 2 aromatic carbocycles. The highest BCUT2D eigenvalue weighted by Crippen LogP contribution is 2.28. The predicted octanol–water partition coefficient (Wildman–Crippen LogP) is 5.39. The Labute approximate surface area is 198 Å². The van der Waals surface area contributed by atoms with E-state index in [1.165, 1.54) is 9.18 Å². The van der Waals surface area contributed by atoms with E-state index < -0.39 is 10.0 Å². The van der Waals surface area contributed by atoms with E-state index >= 15 is 0 Å². The van der Waals surface area contributed by atoms with Gasteiger partial charge in [-0.1, -0.05) is 41.9 Å². The molecule has 32 heavy (non-hydrogen) atoms. The predicted molar refractivity (Wildman–Crippen MR) is 128 cm³/mol.